The van der Waals surface area contributed by atoms with E-state index in [1.165, 1.54) is 5.56 Å². The van der Waals surface area contributed by atoms with Gasteiger partial charge in [0.25, 0.3) is 0 Å². The molecule has 4 rings (SSSR count). The largest absolute Gasteiger partial charge is 0.492 e. The summed E-state index contributed by atoms with van der Waals surface area (Å²) in [6.07, 6.45) is 1.48. The van der Waals surface area contributed by atoms with Crippen molar-refractivity contribution in [3.63, 3.8) is 0 Å². The number of nitrogens with zero attached hydrogens (tertiary/aromatic N) is 2. The molecule has 1 N–H and O–H groups in total. The van der Waals surface area contributed by atoms with Crippen molar-refractivity contribution < 1.29 is 19.4 Å². The van der Waals surface area contributed by atoms with Crippen LogP contribution in [0.2, 0.25) is 0 Å². The molecule has 0 fully saturated rings. The van der Waals surface area contributed by atoms with Crippen LogP contribution in [0.4, 0.5) is 0 Å². The molecule has 136 valence electrons. The fraction of sp³-hybridized carbons (Fsp3) is 0.350. The Morgan fingerprint density at radius 3 is 2.85 bits per heavy atom. The maximum Gasteiger partial charge on any atom is 0.231 e. The van der Waals surface area contributed by atoms with Crippen LogP contribution in [-0.2, 0) is 6.42 Å². The highest BCUT2D eigenvalue weighted by Crippen LogP contribution is 2.50. The van der Waals surface area contributed by atoms with Crippen LogP contribution in [0.5, 0.6) is 17.2 Å². The third-order valence-electron chi connectivity index (χ3n) is 5.16. The first-order chi connectivity index (χ1) is 12.7. The second-order valence-corrected chi connectivity index (χ2v) is 6.58. The van der Waals surface area contributed by atoms with Crippen molar-refractivity contribution in [1.29, 1.82) is 0 Å². The lowest BCUT2D eigenvalue weighted by Crippen LogP contribution is -2.34. The fourth-order valence-corrected chi connectivity index (χ4v) is 3.81. The lowest BCUT2D eigenvalue weighted by Gasteiger charge is -2.36. The van der Waals surface area contributed by atoms with Crippen molar-refractivity contribution in [2.45, 2.75) is 18.9 Å². The van der Waals surface area contributed by atoms with E-state index in [-0.39, 0.29) is 12.8 Å². The molecule has 2 aromatic rings. The Morgan fingerprint density at radius 2 is 2.12 bits per heavy atom. The number of hydrogen-bond acceptors (Lipinski definition) is 6. The standard InChI is InChI=1S/C20H22N2O4/c1-22-9-8-14-10-17-19(26-12-25-17)20(24-2)18(14)16(22)11-15(21-23)13-6-4-3-5-7-13/h3-7,10,16,23H,8-9,11-12H2,1-2H3/b21-15+/t16-/m1/s1. The molecule has 2 aliphatic heterocycles. The molecule has 0 saturated heterocycles. The van der Waals surface area contributed by atoms with Crippen LogP contribution in [0.15, 0.2) is 41.6 Å². The Balaban J connectivity index is 1.76. The minimum atomic E-state index is 0.0225. The predicted octanol–water partition coefficient (Wildman–Crippen LogP) is 3.22. The van der Waals surface area contributed by atoms with Crippen LogP contribution < -0.4 is 14.2 Å². The van der Waals surface area contributed by atoms with Gasteiger partial charge in [0.1, 0.15) is 0 Å². The zero-order chi connectivity index (χ0) is 18.1. The first kappa shape index (κ1) is 16.7. The molecule has 0 spiro atoms. The first-order valence-corrected chi connectivity index (χ1v) is 8.69. The van der Waals surface area contributed by atoms with Crippen molar-refractivity contribution >= 4 is 5.71 Å². The van der Waals surface area contributed by atoms with Gasteiger partial charge in [-0.25, -0.2) is 0 Å². The molecular formula is C20H22N2O4. The zero-order valence-electron chi connectivity index (χ0n) is 14.9. The van der Waals surface area contributed by atoms with E-state index in [1.54, 1.807) is 7.11 Å². The van der Waals surface area contributed by atoms with Gasteiger partial charge in [0, 0.05) is 24.6 Å². The monoisotopic (exact) mass is 354 g/mol. The first-order valence-electron chi connectivity index (χ1n) is 8.69. The number of benzene rings is 2. The van der Waals surface area contributed by atoms with E-state index in [4.69, 9.17) is 14.2 Å². The van der Waals surface area contributed by atoms with Crippen LogP contribution in [0.3, 0.4) is 0 Å². The highest BCUT2D eigenvalue weighted by atomic mass is 16.7. The summed E-state index contributed by atoms with van der Waals surface area (Å²) in [6.45, 7) is 1.12. The lowest BCUT2D eigenvalue weighted by atomic mass is 9.87. The fourth-order valence-electron chi connectivity index (χ4n) is 3.81. The molecule has 0 saturated carbocycles. The maximum atomic E-state index is 9.62. The van der Waals surface area contributed by atoms with Gasteiger partial charge in [0.05, 0.1) is 12.8 Å². The molecule has 1 atom stereocenters. The van der Waals surface area contributed by atoms with Crippen molar-refractivity contribution in [3.05, 3.63) is 53.1 Å². The van der Waals surface area contributed by atoms with E-state index >= 15 is 0 Å². The van der Waals surface area contributed by atoms with Crippen molar-refractivity contribution in [2.24, 2.45) is 5.16 Å². The summed E-state index contributed by atoms with van der Waals surface area (Å²) in [5, 5.41) is 13.2. The van der Waals surface area contributed by atoms with Crippen LogP contribution in [-0.4, -0.2) is 43.3 Å². The summed E-state index contributed by atoms with van der Waals surface area (Å²) < 4.78 is 16.9. The van der Waals surface area contributed by atoms with Gasteiger partial charge >= 0.3 is 0 Å². The van der Waals surface area contributed by atoms with Gasteiger partial charge in [-0.1, -0.05) is 35.5 Å². The third kappa shape index (κ3) is 2.76. The number of ether oxygens (including phenoxy) is 3. The summed E-state index contributed by atoms with van der Waals surface area (Å²) in [6, 6.07) is 11.8. The molecule has 26 heavy (non-hydrogen) atoms. The molecule has 2 heterocycles. The molecule has 2 aromatic carbocycles. The number of rotatable bonds is 4. The molecule has 6 heteroatoms. The quantitative estimate of drug-likeness (QED) is 0.519. The third-order valence-corrected chi connectivity index (χ3v) is 5.16. The van der Waals surface area contributed by atoms with Gasteiger partial charge in [0.15, 0.2) is 11.5 Å². The number of methoxy groups -OCH3 is 1. The van der Waals surface area contributed by atoms with E-state index < -0.39 is 0 Å². The Morgan fingerprint density at radius 1 is 1.31 bits per heavy atom. The second-order valence-electron chi connectivity index (χ2n) is 6.58. The SMILES string of the molecule is COc1c2c(cc3c1[C@@H](C/C(=N\O)c1ccccc1)N(C)CC3)OCO2. The summed E-state index contributed by atoms with van der Waals surface area (Å²) in [4.78, 5) is 2.27. The Labute approximate surface area is 152 Å². The van der Waals surface area contributed by atoms with E-state index in [0.29, 0.717) is 17.9 Å². The van der Waals surface area contributed by atoms with Crippen LogP contribution in [0.25, 0.3) is 0 Å². The number of likely N-dealkylation sites (N-methyl/N-ethyl adjacent to an activating group) is 1. The minimum Gasteiger partial charge on any atom is -0.492 e. The molecule has 0 aliphatic carbocycles. The molecule has 0 radical (unpaired) electrons. The average molecular weight is 354 g/mol. The molecule has 0 unspecified atom stereocenters. The average Bonchev–Trinajstić information content (AvgIpc) is 3.14. The van der Waals surface area contributed by atoms with Gasteiger partial charge in [-0.3, -0.25) is 4.90 Å². The van der Waals surface area contributed by atoms with Gasteiger partial charge in [-0.15, -0.1) is 0 Å². The smallest absolute Gasteiger partial charge is 0.231 e. The minimum absolute atomic E-state index is 0.0225. The summed E-state index contributed by atoms with van der Waals surface area (Å²) in [7, 11) is 3.74. The maximum absolute atomic E-state index is 9.62. The highest BCUT2D eigenvalue weighted by molar-refractivity contribution is 6.00. The molecule has 6 nitrogen and oxygen atoms in total. The lowest BCUT2D eigenvalue weighted by molar-refractivity contribution is 0.170. The highest BCUT2D eigenvalue weighted by Gasteiger charge is 2.34. The van der Waals surface area contributed by atoms with Gasteiger partial charge < -0.3 is 19.4 Å². The van der Waals surface area contributed by atoms with E-state index in [2.05, 4.69) is 23.2 Å². The van der Waals surface area contributed by atoms with Crippen molar-refractivity contribution in [1.82, 2.24) is 4.90 Å². The van der Waals surface area contributed by atoms with E-state index in [9.17, 15) is 5.21 Å². The van der Waals surface area contributed by atoms with Crippen LogP contribution in [0, 0.1) is 0 Å². The van der Waals surface area contributed by atoms with Gasteiger partial charge in [-0.2, -0.15) is 0 Å². The molecule has 0 amide bonds. The normalized spacial score (nSPS) is 19.3. The second kappa shape index (κ2) is 6.88. The van der Waals surface area contributed by atoms with Gasteiger partial charge in [-0.05, 0) is 30.7 Å². The molecule has 0 bridgehead atoms. The molecule has 2 aliphatic rings. The van der Waals surface area contributed by atoms with Crippen molar-refractivity contribution in [3.8, 4) is 17.2 Å². The number of fused-ring (bicyclic) bond motifs is 2. The predicted molar refractivity (Wildman–Crippen MR) is 97.6 cm³/mol. The molecule has 0 aromatic heterocycles. The topological polar surface area (TPSA) is 63.5 Å². The summed E-state index contributed by atoms with van der Waals surface area (Å²) in [5.41, 5.74) is 3.84. The van der Waals surface area contributed by atoms with Crippen molar-refractivity contribution in [2.75, 3.05) is 27.5 Å². The number of hydrogen-bond donors (Lipinski definition) is 1. The van der Waals surface area contributed by atoms with E-state index in [0.717, 1.165) is 35.6 Å². The Kier molecular flexibility index (Phi) is 4.42. The van der Waals surface area contributed by atoms with Crippen LogP contribution in [0.1, 0.15) is 29.2 Å². The van der Waals surface area contributed by atoms with Crippen LogP contribution >= 0.6 is 0 Å². The summed E-state index contributed by atoms with van der Waals surface area (Å²) >= 11 is 0. The van der Waals surface area contributed by atoms with Gasteiger partial charge in [0.2, 0.25) is 12.5 Å². The van der Waals surface area contributed by atoms with E-state index in [1.807, 2.05) is 30.3 Å². The molecular weight excluding hydrogens is 332 g/mol. The Hall–Kier alpha value is -2.73. The zero-order valence-corrected chi connectivity index (χ0v) is 14.9. The Bertz CT molecular complexity index is 835. The number of oxime groups is 1. The summed E-state index contributed by atoms with van der Waals surface area (Å²) in [5.74, 6) is 2.12.